The van der Waals surface area contributed by atoms with E-state index in [-0.39, 0.29) is 18.0 Å². The molecule has 0 saturated heterocycles. The lowest BCUT2D eigenvalue weighted by Crippen LogP contribution is -2.48. The molecule has 1 aromatic rings. The number of nitrogens with one attached hydrogen (secondary N) is 1. The van der Waals surface area contributed by atoms with Crippen molar-refractivity contribution in [1.29, 1.82) is 0 Å². The molecular weight excluding hydrogens is 238 g/mol. The highest BCUT2D eigenvalue weighted by molar-refractivity contribution is 5.85. The predicted octanol–water partition coefficient (Wildman–Crippen LogP) is 1.88. The molecule has 1 amide bonds. The van der Waals surface area contributed by atoms with Gasteiger partial charge in [-0.05, 0) is 45.4 Å². The second-order valence-electron chi connectivity index (χ2n) is 4.94. The van der Waals surface area contributed by atoms with Crippen molar-refractivity contribution in [2.45, 2.75) is 46.3 Å². The number of anilines is 1. The molecule has 0 aromatic heterocycles. The second kappa shape index (κ2) is 7.14. The number of hydrogen-bond acceptors (Lipinski definition) is 3. The largest absolute Gasteiger partial charge is 0.357 e. The van der Waals surface area contributed by atoms with E-state index >= 15 is 0 Å². The third-order valence-corrected chi connectivity index (χ3v) is 3.17. The van der Waals surface area contributed by atoms with E-state index in [4.69, 9.17) is 5.73 Å². The Morgan fingerprint density at radius 3 is 2.26 bits per heavy atom. The third-order valence-electron chi connectivity index (χ3n) is 3.17. The number of rotatable bonds is 6. The fourth-order valence-electron chi connectivity index (χ4n) is 2.22. The molecule has 1 rings (SSSR count). The quantitative estimate of drug-likeness (QED) is 0.824. The Morgan fingerprint density at radius 1 is 1.26 bits per heavy atom. The number of benzene rings is 1. The summed E-state index contributed by atoms with van der Waals surface area (Å²) in [5.74, 6) is 0.0547. The average Bonchev–Trinajstić information content (AvgIpc) is 2.39. The van der Waals surface area contributed by atoms with E-state index in [9.17, 15) is 4.79 Å². The molecule has 106 valence electrons. The molecule has 0 aliphatic heterocycles. The molecule has 0 aliphatic carbocycles. The van der Waals surface area contributed by atoms with Crippen LogP contribution in [0.1, 0.15) is 33.3 Å². The first-order valence-electron chi connectivity index (χ1n) is 6.86. The minimum absolute atomic E-state index is 0.0547. The Kier molecular flexibility index (Phi) is 5.83. The maximum Gasteiger partial charge on any atom is 0.242 e. The van der Waals surface area contributed by atoms with Crippen LogP contribution < -0.4 is 16.0 Å². The van der Waals surface area contributed by atoms with Gasteiger partial charge < -0.3 is 16.0 Å². The molecule has 0 fully saturated rings. The van der Waals surface area contributed by atoms with Gasteiger partial charge in [0, 0.05) is 24.8 Å². The Morgan fingerprint density at radius 2 is 1.84 bits per heavy atom. The summed E-state index contributed by atoms with van der Waals surface area (Å²) in [5.41, 5.74) is 7.75. The van der Waals surface area contributed by atoms with Crippen molar-refractivity contribution in [3.8, 4) is 0 Å². The number of carbonyl (C=O) groups is 1. The SMILES string of the molecule is CCNC(=O)C(C)N(c1ccc(CN)cc1)C(C)C. The molecule has 19 heavy (non-hydrogen) atoms. The van der Waals surface area contributed by atoms with Crippen LogP contribution in [-0.4, -0.2) is 24.5 Å². The van der Waals surface area contributed by atoms with Crippen molar-refractivity contribution < 1.29 is 4.79 Å². The lowest BCUT2D eigenvalue weighted by molar-refractivity contribution is -0.122. The van der Waals surface area contributed by atoms with Gasteiger partial charge in [-0.2, -0.15) is 0 Å². The van der Waals surface area contributed by atoms with Crippen molar-refractivity contribution in [1.82, 2.24) is 5.32 Å². The highest BCUT2D eigenvalue weighted by Gasteiger charge is 2.23. The smallest absolute Gasteiger partial charge is 0.242 e. The Balaban J connectivity index is 2.95. The fraction of sp³-hybridized carbons (Fsp3) is 0.533. The minimum atomic E-state index is -0.191. The predicted molar refractivity (Wildman–Crippen MR) is 80.1 cm³/mol. The van der Waals surface area contributed by atoms with E-state index in [2.05, 4.69) is 24.1 Å². The van der Waals surface area contributed by atoms with E-state index < -0.39 is 0 Å². The zero-order valence-electron chi connectivity index (χ0n) is 12.3. The zero-order valence-corrected chi connectivity index (χ0v) is 12.3. The van der Waals surface area contributed by atoms with Crippen LogP contribution in [0.5, 0.6) is 0 Å². The molecule has 4 heteroatoms. The number of nitrogens with zero attached hydrogens (tertiary/aromatic N) is 1. The molecule has 0 saturated carbocycles. The summed E-state index contributed by atoms with van der Waals surface area (Å²) in [5, 5.41) is 2.87. The molecule has 0 aliphatic rings. The molecule has 3 N–H and O–H groups in total. The summed E-state index contributed by atoms with van der Waals surface area (Å²) in [6.45, 7) is 9.23. The summed E-state index contributed by atoms with van der Waals surface area (Å²) in [6, 6.07) is 8.13. The lowest BCUT2D eigenvalue weighted by Gasteiger charge is -2.34. The monoisotopic (exact) mass is 263 g/mol. The van der Waals surface area contributed by atoms with Gasteiger partial charge in [-0.15, -0.1) is 0 Å². The summed E-state index contributed by atoms with van der Waals surface area (Å²) in [6.07, 6.45) is 0. The minimum Gasteiger partial charge on any atom is -0.357 e. The van der Waals surface area contributed by atoms with Gasteiger partial charge in [-0.3, -0.25) is 4.79 Å². The van der Waals surface area contributed by atoms with Gasteiger partial charge in [0.1, 0.15) is 6.04 Å². The molecule has 1 aromatic carbocycles. The van der Waals surface area contributed by atoms with Crippen LogP contribution in [0, 0.1) is 0 Å². The van der Waals surface area contributed by atoms with Gasteiger partial charge in [0.05, 0.1) is 0 Å². The second-order valence-corrected chi connectivity index (χ2v) is 4.94. The van der Waals surface area contributed by atoms with Crippen LogP contribution in [0.25, 0.3) is 0 Å². The van der Waals surface area contributed by atoms with Crippen molar-refractivity contribution in [3.05, 3.63) is 29.8 Å². The summed E-state index contributed by atoms with van der Waals surface area (Å²) in [4.78, 5) is 14.1. The van der Waals surface area contributed by atoms with Gasteiger partial charge in [-0.25, -0.2) is 0 Å². The van der Waals surface area contributed by atoms with Crippen LogP contribution in [0.3, 0.4) is 0 Å². The number of amides is 1. The number of carbonyl (C=O) groups excluding carboxylic acids is 1. The number of likely N-dealkylation sites (N-methyl/N-ethyl adjacent to an activating group) is 1. The molecule has 0 bridgehead atoms. The summed E-state index contributed by atoms with van der Waals surface area (Å²) < 4.78 is 0. The molecule has 1 atom stereocenters. The average molecular weight is 263 g/mol. The maximum absolute atomic E-state index is 12.0. The van der Waals surface area contributed by atoms with E-state index in [1.165, 1.54) is 0 Å². The van der Waals surface area contributed by atoms with Crippen LogP contribution in [0.4, 0.5) is 5.69 Å². The Hall–Kier alpha value is -1.55. The van der Waals surface area contributed by atoms with Crippen LogP contribution in [0.2, 0.25) is 0 Å². The Bertz CT molecular complexity index is 400. The van der Waals surface area contributed by atoms with Crippen molar-refractivity contribution in [3.63, 3.8) is 0 Å². The molecular formula is C15H25N3O. The number of hydrogen-bond donors (Lipinski definition) is 2. The number of nitrogens with two attached hydrogens (primary N) is 1. The first-order chi connectivity index (χ1) is 9.01. The van der Waals surface area contributed by atoms with Crippen LogP contribution in [-0.2, 0) is 11.3 Å². The Labute approximate surface area is 116 Å². The van der Waals surface area contributed by atoms with Crippen molar-refractivity contribution in [2.24, 2.45) is 5.73 Å². The molecule has 0 radical (unpaired) electrons. The highest BCUT2D eigenvalue weighted by atomic mass is 16.2. The van der Waals surface area contributed by atoms with E-state index in [1.54, 1.807) is 0 Å². The topological polar surface area (TPSA) is 58.4 Å². The van der Waals surface area contributed by atoms with Crippen LogP contribution >= 0.6 is 0 Å². The first-order valence-corrected chi connectivity index (χ1v) is 6.86. The van der Waals surface area contributed by atoms with Crippen LogP contribution in [0.15, 0.2) is 24.3 Å². The third kappa shape index (κ3) is 3.96. The van der Waals surface area contributed by atoms with Gasteiger partial charge in [0.15, 0.2) is 0 Å². The molecule has 0 spiro atoms. The zero-order chi connectivity index (χ0) is 14.4. The maximum atomic E-state index is 12.0. The summed E-state index contributed by atoms with van der Waals surface area (Å²) >= 11 is 0. The summed E-state index contributed by atoms with van der Waals surface area (Å²) in [7, 11) is 0. The van der Waals surface area contributed by atoms with Gasteiger partial charge in [0.25, 0.3) is 0 Å². The molecule has 1 unspecified atom stereocenters. The van der Waals surface area contributed by atoms with Crippen molar-refractivity contribution in [2.75, 3.05) is 11.4 Å². The van der Waals surface area contributed by atoms with Crippen molar-refractivity contribution >= 4 is 11.6 Å². The lowest BCUT2D eigenvalue weighted by atomic mass is 10.1. The fourth-order valence-corrected chi connectivity index (χ4v) is 2.22. The normalized spacial score (nSPS) is 12.3. The molecule has 4 nitrogen and oxygen atoms in total. The van der Waals surface area contributed by atoms with Gasteiger partial charge in [-0.1, -0.05) is 12.1 Å². The molecule has 0 heterocycles. The van der Waals surface area contributed by atoms with E-state index in [0.29, 0.717) is 13.1 Å². The first kappa shape index (κ1) is 15.5. The van der Waals surface area contributed by atoms with E-state index in [0.717, 1.165) is 11.3 Å². The van der Waals surface area contributed by atoms with Gasteiger partial charge in [0.2, 0.25) is 5.91 Å². The standard InChI is InChI=1S/C15H25N3O/c1-5-17-15(19)12(4)18(11(2)3)14-8-6-13(10-16)7-9-14/h6-9,11-12H,5,10,16H2,1-4H3,(H,17,19). The van der Waals surface area contributed by atoms with Gasteiger partial charge >= 0.3 is 0 Å². The van der Waals surface area contributed by atoms with E-state index in [1.807, 2.05) is 38.1 Å². The highest BCUT2D eigenvalue weighted by Crippen LogP contribution is 2.21.